The number of hydrogen-bond acceptors (Lipinski definition) is 3. The second-order valence-electron chi connectivity index (χ2n) is 8.11. The van der Waals surface area contributed by atoms with Crippen molar-refractivity contribution in [1.29, 1.82) is 0 Å². The molecule has 0 saturated carbocycles. The number of anilines is 2. The van der Waals surface area contributed by atoms with Gasteiger partial charge in [-0.15, -0.1) is 0 Å². The van der Waals surface area contributed by atoms with Gasteiger partial charge in [-0.3, -0.25) is 9.59 Å². The minimum Gasteiger partial charge on any atom is -0.354 e. The standard InChI is InChI=1S/C23H25N3O2/c1-25-20-14-17(9-11-19(20)23(28)26-12-3-2-7-21(25)26)22(27)24-18-10-8-15-5-4-6-16(15)13-18/h8-11,13-14,21H,2-7,12H2,1H3,(H,24,27)/t21-/m0/s1. The molecule has 3 aliphatic rings. The molecule has 1 fully saturated rings. The smallest absolute Gasteiger partial charge is 0.257 e. The van der Waals surface area contributed by atoms with E-state index < -0.39 is 0 Å². The van der Waals surface area contributed by atoms with Gasteiger partial charge in [0, 0.05) is 24.8 Å². The number of benzene rings is 2. The van der Waals surface area contributed by atoms with Crippen LogP contribution in [0.3, 0.4) is 0 Å². The molecular weight excluding hydrogens is 350 g/mol. The van der Waals surface area contributed by atoms with Crippen molar-refractivity contribution < 1.29 is 9.59 Å². The monoisotopic (exact) mass is 375 g/mol. The van der Waals surface area contributed by atoms with Gasteiger partial charge in [0.2, 0.25) is 0 Å². The van der Waals surface area contributed by atoms with Crippen LogP contribution in [-0.2, 0) is 12.8 Å². The van der Waals surface area contributed by atoms with Crippen LogP contribution in [-0.4, -0.2) is 36.5 Å². The Balaban J connectivity index is 1.42. The Morgan fingerprint density at radius 1 is 1.04 bits per heavy atom. The molecule has 2 aromatic carbocycles. The van der Waals surface area contributed by atoms with Gasteiger partial charge in [0.05, 0.1) is 11.3 Å². The highest BCUT2D eigenvalue weighted by Crippen LogP contribution is 2.35. The van der Waals surface area contributed by atoms with E-state index in [0.29, 0.717) is 11.1 Å². The first kappa shape index (κ1) is 17.3. The molecule has 5 rings (SSSR count). The third-order valence-electron chi connectivity index (χ3n) is 6.41. The topological polar surface area (TPSA) is 52.7 Å². The molecule has 2 aliphatic heterocycles. The zero-order valence-corrected chi connectivity index (χ0v) is 16.2. The van der Waals surface area contributed by atoms with Crippen LogP contribution >= 0.6 is 0 Å². The number of rotatable bonds is 2. The lowest BCUT2D eigenvalue weighted by Gasteiger charge is -2.46. The lowest BCUT2D eigenvalue weighted by Crippen LogP contribution is -2.55. The van der Waals surface area contributed by atoms with Crippen LogP contribution in [0.2, 0.25) is 0 Å². The molecule has 0 aromatic heterocycles. The van der Waals surface area contributed by atoms with E-state index in [1.807, 2.05) is 24.1 Å². The van der Waals surface area contributed by atoms with Crippen LogP contribution in [0.4, 0.5) is 11.4 Å². The zero-order chi connectivity index (χ0) is 19.3. The molecule has 2 heterocycles. The Kier molecular flexibility index (Phi) is 4.11. The van der Waals surface area contributed by atoms with Crippen molar-refractivity contribution in [3.05, 3.63) is 58.7 Å². The number of nitrogens with one attached hydrogen (secondary N) is 1. The first-order chi connectivity index (χ1) is 13.6. The van der Waals surface area contributed by atoms with Crippen LogP contribution in [0.5, 0.6) is 0 Å². The lowest BCUT2D eigenvalue weighted by atomic mass is 9.97. The highest BCUT2D eigenvalue weighted by atomic mass is 16.2. The van der Waals surface area contributed by atoms with E-state index in [-0.39, 0.29) is 18.0 Å². The van der Waals surface area contributed by atoms with Gasteiger partial charge >= 0.3 is 0 Å². The summed E-state index contributed by atoms with van der Waals surface area (Å²) < 4.78 is 0. The molecule has 2 amide bonds. The van der Waals surface area contributed by atoms with Crippen molar-refractivity contribution in [2.24, 2.45) is 0 Å². The Bertz CT molecular complexity index is 968. The highest BCUT2D eigenvalue weighted by molar-refractivity contribution is 6.08. The predicted molar refractivity (Wildman–Crippen MR) is 110 cm³/mol. The summed E-state index contributed by atoms with van der Waals surface area (Å²) in [5.41, 5.74) is 5.70. The van der Waals surface area contributed by atoms with Crippen molar-refractivity contribution in [1.82, 2.24) is 4.90 Å². The zero-order valence-electron chi connectivity index (χ0n) is 16.2. The van der Waals surface area contributed by atoms with Gasteiger partial charge in [-0.25, -0.2) is 0 Å². The summed E-state index contributed by atoms with van der Waals surface area (Å²) in [6.45, 7) is 0.813. The van der Waals surface area contributed by atoms with Gasteiger partial charge in [0.1, 0.15) is 6.17 Å². The SMILES string of the molecule is CN1c2cc(C(=O)Nc3ccc4c(c3)CCC4)ccc2C(=O)N2CCCC[C@H]21. The van der Waals surface area contributed by atoms with Crippen molar-refractivity contribution in [3.8, 4) is 0 Å². The van der Waals surface area contributed by atoms with E-state index in [4.69, 9.17) is 0 Å². The van der Waals surface area contributed by atoms with Gasteiger partial charge in [-0.2, -0.15) is 0 Å². The van der Waals surface area contributed by atoms with Crippen LogP contribution < -0.4 is 10.2 Å². The van der Waals surface area contributed by atoms with Crippen LogP contribution in [0.1, 0.15) is 57.5 Å². The van der Waals surface area contributed by atoms with E-state index >= 15 is 0 Å². The van der Waals surface area contributed by atoms with Crippen LogP contribution in [0.15, 0.2) is 36.4 Å². The maximum absolute atomic E-state index is 12.9. The molecule has 2 aromatic rings. The number of carbonyl (C=O) groups is 2. The lowest BCUT2D eigenvalue weighted by molar-refractivity contribution is 0.0589. The van der Waals surface area contributed by atoms with Gasteiger partial charge in [-0.1, -0.05) is 6.07 Å². The predicted octanol–water partition coefficient (Wildman–Crippen LogP) is 3.83. The van der Waals surface area contributed by atoms with Crippen molar-refractivity contribution in [2.75, 3.05) is 23.8 Å². The number of nitrogens with zero attached hydrogens (tertiary/aromatic N) is 2. The molecule has 5 nitrogen and oxygen atoms in total. The molecule has 5 heteroatoms. The molecule has 1 saturated heterocycles. The fourth-order valence-corrected chi connectivity index (χ4v) is 4.87. The number of amides is 2. The van der Waals surface area contributed by atoms with Crippen molar-refractivity contribution >= 4 is 23.2 Å². The van der Waals surface area contributed by atoms with E-state index in [9.17, 15) is 9.59 Å². The van der Waals surface area contributed by atoms with E-state index in [1.165, 1.54) is 17.5 Å². The fourth-order valence-electron chi connectivity index (χ4n) is 4.87. The average molecular weight is 375 g/mol. The molecule has 1 aliphatic carbocycles. The van der Waals surface area contributed by atoms with Gasteiger partial charge in [-0.05, 0) is 80.0 Å². The quantitative estimate of drug-likeness (QED) is 0.868. The van der Waals surface area contributed by atoms with Crippen molar-refractivity contribution in [2.45, 2.75) is 44.7 Å². The summed E-state index contributed by atoms with van der Waals surface area (Å²) in [5, 5.41) is 3.02. The number of piperidine rings is 1. The maximum atomic E-state index is 12.9. The summed E-state index contributed by atoms with van der Waals surface area (Å²) in [6, 6.07) is 11.6. The second kappa shape index (κ2) is 6.66. The van der Waals surface area contributed by atoms with E-state index in [1.54, 1.807) is 12.1 Å². The molecule has 144 valence electrons. The number of hydrogen-bond donors (Lipinski definition) is 1. The first-order valence-electron chi connectivity index (χ1n) is 10.2. The number of aryl methyl sites for hydroxylation is 2. The molecule has 0 unspecified atom stereocenters. The summed E-state index contributed by atoms with van der Waals surface area (Å²) in [6.07, 6.45) is 6.68. The Hall–Kier alpha value is -2.82. The third-order valence-corrected chi connectivity index (χ3v) is 6.41. The average Bonchev–Trinajstić information content (AvgIpc) is 3.19. The second-order valence-corrected chi connectivity index (χ2v) is 8.11. The molecule has 1 N–H and O–H groups in total. The summed E-state index contributed by atoms with van der Waals surface area (Å²) in [4.78, 5) is 29.8. The highest BCUT2D eigenvalue weighted by Gasteiger charge is 2.37. The Morgan fingerprint density at radius 2 is 1.89 bits per heavy atom. The number of fused-ring (bicyclic) bond motifs is 3. The Morgan fingerprint density at radius 3 is 2.79 bits per heavy atom. The van der Waals surface area contributed by atoms with E-state index in [0.717, 1.165) is 50.0 Å². The first-order valence-corrected chi connectivity index (χ1v) is 10.2. The third kappa shape index (κ3) is 2.77. The minimum absolute atomic E-state index is 0.0865. The van der Waals surface area contributed by atoms with Crippen LogP contribution in [0, 0.1) is 0 Å². The fraction of sp³-hybridized carbons (Fsp3) is 0.391. The molecule has 28 heavy (non-hydrogen) atoms. The normalized spacial score (nSPS) is 20.5. The van der Waals surface area contributed by atoms with Gasteiger partial charge in [0.15, 0.2) is 0 Å². The maximum Gasteiger partial charge on any atom is 0.257 e. The number of carbonyl (C=O) groups excluding carboxylic acids is 2. The van der Waals surface area contributed by atoms with Gasteiger partial charge in [0.25, 0.3) is 11.8 Å². The van der Waals surface area contributed by atoms with Crippen LogP contribution in [0.25, 0.3) is 0 Å². The largest absolute Gasteiger partial charge is 0.354 e. The molecule has 0 radical (unpaired) electrons. The van der Waals surface area contributed by atoms with Crippen molar-refractivity contribution in [3.63, 3.8) is 0 Å². The molecule has 0 spiro atoms. The molecule has 0 bridgehead atoms. The summed E-state index contributed by atoms with van der Waals surface area (Å²) in [7, 11) is 2.02. The van der Waals surface area contributed by atoms with Gasteiger partial charge < -0.3 is 15.1 Å². The summed E-state index contributed by atoms with van der Waals surface area (Å²) in [5.74, 6) is -0.0453. The molecule has 1 atom stereocenters. The van der Waals surface area contributed by atoms with E-state index in [2.05, 4.69) is 22.3 Å². The Labute approximate surface area is 165 Å². The summed E-state index contributed by atoms with van der Waals surface area (Å²) >= 11 is 0. The molecular formula is C23H25N3O2. The minimum atomic E-state index is -0.132.